The fourth-order valence-corrected chi connectivity index (χ4v) is 5.57. The number of aliphatic carboxylic acids is 1. The molecule has 6 nitrogen and oxygen atoms in total. The number of hydrogen-bond donors (Lipinski definition) is 1. The molecular weight excluding hydrogens is 474 g/mol. The van der Waals surface area contributed by atoms with Crippen molar-refractivity contribution in [2.24, 2.45) is 0 Å². The Morgan fingerprint density at radius 1 is 0.944 bits per heavy atom. The lowest BCUT2D eigenvalue weighted by Crippen LogP contribution is -2.19. The van der Waals surface area contributed by atoms with Crippen molar-refractivity contribution in [3.05, 3.63) is 101 Å². The third-order valence-electron chi connectivity index (χ3n) is 6.68. The Labute approximate surface area is 212 Å². The van der Waals surface area contributed by atoms with E-state index in [-0.39, 0.29) is 11.5 Å². The summed E-state index contributed by atoms with van der Waals surface area (Å²) in [6.45, 7) is 1.71. The van der Waals surface area contributed by atoms with E-state index in [4.69, 9.17) is 4.52 Å². The first-order chi connectivity index (χ1) is 17.4. The van der Waals surface area contributed by atoms with Gasteiger partial charge in [0.15, 0.2) is 11.5 Å². The Kier molecular flexibility index (Phi) is 6.51. The van der Waals surface area contributed by atoms with Crippen molar-refractivity contribution in [1.29, 1.82) is 0 Å². The number of carbonyl (C=O) groups is 2. The predicted molar refractivity (Wildman–Crippen MR) is 138 cm³/mol. The van der Waals surface area contributed by atoms with Crippen LogP contribution in [0.5, 0.6) is 0 Å². The first-order valence-corrected chi connectivity index (χ1v) is 13.2. The molecule has 1 saturated carbocycles. The van der Waals surface area contributed by atoms with Gasteiger partial charge >= 0.3 is 5.97 Å². The number of aromatic nitrogens is 1. The molecule has 0 spiro atoms. The molecule has 0 bridgehead atoms. The quantitative estimate of drug-likeness (QED) is 0.239. The molecule has 7 heteroatoms. The minimum absolute atomic E-state index is 0.105. The maximum atomic E-state index is 13.0. The van der Waals surface area contributed by atoms with E-state index in [1.165, 1.54) is 0 Å². The van der Waals surface area contributed by atoms with E-state index in [0.717, 1.165) is 22.3 Å². The molecule has 4 aromatic rings. The van der Waals surface area contributed by atoms with Crippen LogP contribution in [0.15, 0.2) is 83.4 Å². The summed E-state index contributed by atoms with van der Waals surface area (Å²) < 4.78 is 18.1. The molecular formula is C29H25NO5S. The lowest BCUT2D eigenvalue weighted by Gasteiger charge is -2.11. The number of ketones is 1. The van der Waals surface area contributed by atoms with Gasteiger partial charge in [0.05, 0.1) is 16.7 Å². The molecule has 1 fully saturated rings. The van der Waals surface area contributed by atoms with Crippen LogP contribution >= 0.6 is 0 Å². The average Bonchev–Trinajstić information content (AvgIpc) is 3.61. The standard InChI is InChI=1S/C29H25NO5S/c1-19-26(25(31)18-36(34)17-20-5-3-2-4-6-20)27(35-30-19)23-9-7-21(8-10-23)22-11-13-24(14-12-22)29(15-16-29)28(32)33/h2-14H,15-18H2,1H3,(H,32,33). The molecule has 0 aliphatic heterocycles. The van der Waals surface area contributed by atoms with Crippen LogP contribution in [0.2, 0.25) is 0 Å². The summed E-state index contributed by atoms with van der Waals surface area (Å²) in [5, 5.41) is 13.5. The van der Waals surface area contributed by atoms with Crippen LogP contribution in [0.1, 0.15) is 40.0 Å². The minimum atomic E-state index is -1.35. The molecule has 0 saturated heterocycles. The fourth-order valence-electron chi connectivity index (χ4n) is 4.47. The topological polar surface area (TPSA) is 103 Å². The highest BCUT2D eigenvalue weighted by Gasteiger charge is 2.51. The van der Waals surface area contributed by atoms with Gasteiger partial charge in [0.1, 0.15) is 5.75 Å². The second kappa shape index (κ2) is 9.76. The maximum absolute atomic E-state index is 13.0. The zero-order valence-electron chi connectivity index (χ0n) is 19.8. The van der Waals surface area contributed by atoms with Crippen molar-refractivity contribution < 1.29 is 23.8 Å². The van der Waals surface area contributed by atoms with Gasteiger partial charge < -0.3 is 14.2 Å². The smallest absolute Gasteiger partial charge is 0.314 e. The second-order valence-electron chi connectivity index (χ2n) is 9.15. The third kappa shape index (κ3) is 4.72. The van der Waals surface area contributed by atoms with Crippen LogP contribution in [0.4, 0.5) is 0 Å². The van der Waals surface area contributed by atoms with Gasteiger partial charge in [0.2, 0.25) is 5.78 Å². The molecule has 1 unspecified atom stereocenters. The summed E-state index contributed by atoms with van der Waals surface area (Å²) in [4.78, 5) is 24.6. The minimum Gasteiger partial charge on any atom is -0.616 e. The first-order valence-electron chi connectivity index (χ1n) is 11.7. The van der Waals surface area contributed by atoms with Crippen LogP contribution in [0.25, 0.3) is 22.5 Å². The molecule has 0 amide bonds. The van der Waals surface area contributed by atoms with Crippen LogP contribution < -0.4 is 0 Å². The molecule has 0 radical (unpaired) electrons. The number of Topliss-reactive ketones (excluding diaryl/α,β-unsaturated/α-hetero) is 1. The SMILES string of the molecule is Cc1noc(-c2ccc(-c3ccc(C4(C(=O)O)CC4)cc3)cc2)c1C(=O)C[S+]([O-])Cc1ccccc1. The number of carboxylic acids is 1. The Bertz CT molecular complexity index is 1390. The number of carboxylic acid groups (broad SMARTS) is 1. The Hall–Kier alpha value is -3.68. The first kappa shape index (κ1) is 24.0. The molecule has 1 heterocycles. The van der Waals surface area contributed by atoms with E-state index in [0.29, 0.717) is 41.2 Å². The third-order valence-corrected chi connectivity index (χ3v) is 7.92. The average molecular weight is 500 g/mol. The van der Waals surface area contributed by atoms with Gasteiger partial charge in [-0.2, -0.15) is 0 Å². The van der Waals surface area contributed by atoms with E-state index in [9.17, 15) is 19.2 Å². The Balaban J connectivity index is 1.32. The second-order valence-corrected chi connectivity index (χ2v) is 10.6. The highest BCUT2D eigenvalue weighted by atomic mass is 32.2. The lowest BCUT2D eigenvalue weighted by atomic mass is 9.93. The summed E-state index contributed by atoms with van der Waals surface area (Å²) in [5.74, 6) is -0.450. The van der Waals surface area contributed by atoms with Crippen LogP contribution in [-0.2, 0) is 27.1 Å². The van der Waals surface area contributed by atoms with Crippen molar-refractivity contribution in [3.8, 4) is 22.5 Å². The highest BCUT2D eigenvalue weighted by Crippen LogP contribution is 2.48. The number of benzene rings is 3. The van der Waals surface area contributed by atoms with Gasteiger partial charge in [-0.3, -0.25) is 9.59 Å². The van der Waals surface area contributed by atoms with Crippen molar-refractivity contribution in [2.45, 2.75) is 30.9 Å². The molecule has 182 valence electrons. The Morgan fingerprint density at radius 3 is 2.11 bits per heavy atom. The van der Waals surface area contributed by atoms with Gasteiger partial charge in [-0.25, -0.2) is 0 Å². The predicted octanol–water partition coefficient (Wildman–Crippen LogP) is 5.56. The molecule has 1 N–H and O–H groups in total. The largest absolute Gasteiger partial charge is 0.616 e. The summed E-state index contributed by atoms with van der Waals surface area (Å²) in [6, 6.07) is 24.7. The van der Waals surface area contributed by atoms with Crippen molar-refractivity contribution in [2.75, 3.05) is 5.75 Å². The molecule has 1 aliphatic rings. The normalized spacial score (nSPS) is 14.8. The van der Waals surface area contributed by atoms with E-state index in [1.54, 1.807) is 6.92 Å². The van der Waals surface area contributed by atoms with Crippen LogP contribution in [-0.4, -0.2) is 32.3 Å². The van der Waals surface area contributed by atoms with Gasteiger partial charge in [-0.1, -0.05) is 84.0 Å². The fraction of sp³-hybridized carbons (Fsp3) is 0.207. The monoisotopic (exact) mass is 499 g/mol. The lowest BCUT2D eigenvalue weighted by molar-refractivity contribution is -0.140. The number of aryl methyl sites for hydroxylation is 1. The molecule has 5 rings (SSSR count). The van der Waals surface area contributed by atoms with E-state index < -0.39 is 22.6 Å². The maximum Gasteiger partial charge on any atom is 0.314 e. The van der Waals surface area contributed by atoms with E-state index >= 15 is 0 Å². The number of hydrogen-bond acceptors (Lipinski definition) is 5. The Morgan fingerprint density at radius 2 is 1.53 bits per heavy atom. The number of nitrogens with zero attached hydrogens (tertiary/aromatic N) is 1. The van der Waals surface area contributed by atoms with Gasteiger partial charge in [-0.15, -0.1) is 0 Å². The molecule has 1 atom stereocenters. The van der Waals surface area contributed by atoms with Gasteiger partial charge in [0, 0.05) is 11.1 Å². The zero-order chi connectivity index (χ0) is 25.3. The van der Waals surface area contributed by atoms with Crippen molar-refractivity contribution in [3.63, 3.8) is 0 Å². The van der Waals surface area contributed by atoms with Crippen molar-refractivity contribution >= 4 is 22.9 Å². The van der Waals surface area contributed by atoms with E-state index in [1.807, 2.05) is 78.9 Å². The summed E-state index contributed by atoms with van der Waals surface area (Å²) >= 11 is -1.35. The van der Waals surface area contributed by atoms with Crippen LogP contribution in [0.3, 0.4) is 0 Å². The molecule has 36 heavy (non-hydrogen) atoms. The summed E-state index contributed by atoms with van der Waals surface area (Å²) in [5.41, 5.74) is 4.49. The van der Waals surface area contributed by atoms with Crippen molar-refractivity contribution in [1.82, 2.24) is 5.16 Å². The summed E-state index contributed by atoms with van der Waals surface area (Å²) in [7, 11) is 0. The van der Waals surface area contributed by atoms with Gasteiger partial charge in [-0.05, 0) is 47.6 Å². The number of rotatable bonds is 9. The zero-order valence-corrected chi connectivity index (χ0v) is 20.6. The molecule has 1 aromatic heterocycles. The molecule has 3 aromatic carbocycles. The van der Waals surface area contributed by atoms with Gasteiger partial charge in [0.25, 0.3) is 0 Å². The molecule has 1 aliphatic carbocycles. The summed E-state index contributed by atoms with van der Waals surface area (Å²) in [6.07, 6.45) is 1.35. The van der Waals surface area contributed by atoms with E-state index in [2.05, 4.69) is 5.16 Å². The highest BCUT2D eigenvalue weighted by molar-refractivity contribution is 7.91. The van der Waals surface area contributed by atoms with Crippen LogP contribution in [0, 0.1) is 6.92 Å². The number of carbonyl (C=O) groups excluding carboxylic acids is 1.